The Morgan fingerprint density at radius 1 is 0.895 bits per heavy atom. The van der Waals surface area contributed by atoms with E-state index in [1.807, 2.05) is 0 Å². The van der Waals surface area contributed by atoms with Crippen molar-refractivity contribution in [3.8, 4) is 0 Å². The Morgan fingerprint density at radius 2 is 1.58 bits per heavy atom. The Bertz CT molecular complexity index is 611. The van der Waals surface area contributed by atoms with E-state index in [2.05, 4.69) is 31.9 Å². The van der Waals surface area contributed by atoms with Gasteiger partial charge in [0.15, 0.2) is 0 Å². The third kappa shape index (κ3) is 2.98. The van der Waals surface area contributed by atoms with Gasteiger partial charge in [0.05, 0.1) is 9.85 Å². The smallest absolute Gasteiger partial charge is 0.137 e. The van der Waals surface area contributed by atoms with Crippen molar-refractivity contribution in [1.29, 1.82) is 0 Å². The first-order chi connectivity index (χ1) is 8.91. The number of benzene rings is 2. The lowest BCUT2D eigenvalue weighted by atomic mass is 10.0. The molecular formula is C13H6Br2ClF3. The molecule has 0 N–H and O–H groups in total. The molecule has 100 valence electrons. The average Bonchev–Trinajstić information content (AvgIpc) is 2.33. The molecule has 0 heterocycles. The van der Waals surface area contributed by atoms with Gasteiger partial charge in [0, 0.05) is 15.6 Å². The molecule has 0 bridgehead atoms. The maximum atomic E-state index is 13.8. The van der Waals surface area contributed by atoms with Crippen molar-refractivity contribution in [1.82, 2.24) is 0 Å². The van der Waals surface area contributed by atoms with Crippen LogP contribution in [0.5, 0.6) is 0 Å². The summed E-state index contributed by atoms with van der Waals surface area (Å²) in [5, 5.41) is -1.13. The average molecular weight is 414 g/mol. The van der Waals surface area contributed by atoms with Gasteiger partial charge in [-0.15, -0.1) is 11.6 Å². The number of hydrogen-bond donors (Lipinski definition) is 0. The minimum absolute atomic E-state index is 0.00906. The molecule has 2 rings (SSSR count). The molecule has 0 nitrogen and oxygen atoms in total. The molecule has 0 radical (unpaired) electrons. The van der Waals surface area contributed by atoms with Crippen molar-refractivity contribution in [3.05, 3.63) is 67.9 Å². The van der Waals surface area contributed by atoms with Gasteiger partial charge < -0.3 is 0 Å². The van der Waals surface area contributed by atoms with Gasteiger partial charge in [-0.2, -0.15) is 0 Å². The Kier molecular flexibility index (Phi) is 4.58. The lowest BCUT2D eigenvalue weighted by Crippen LogP contribution is -2.02. The van der Waals surface area contributed by atoms with Crippen LogP contribution in [-0.2, 0) is 0 Å². The molecule has 2 aromatic rings. The summed E-state index contributed by atoms with van der Waals surface area (Å²) < 4.78 is 41.4. The standard InChI is InChI=1S/C13H6Br2ClF3/c14-7-2-1-3-9(17)12(7)13(16)6-4-11(19)8(15)5-10(6)18/h1-5,13H. The summed E-state index contributed by atoms with van der Waals surface area (Å²) in [5.74, 6) is -1.95. The zero-order valence-corrected chi connectivity index (χ0v) is 13.2. The lowest BCUT2D eigenvalue weighted by Gasteiger charge is -2.14. The van der Waals surface area contributed by atoms with Crippen LogP contribution in [0.3, 0.4) is 0 Å². The van der Waals surface area contributed by atoms with Crippen molar-refractivity contribution >= 4 is 43.5 Å². The van der Waals surface area contributed by atoms with E-state index in [1.165, 1.54) is 12.1 Å². The van der Waals surface area contributed by atoms with E-state index in [9.17, 15) is 13.2 Å². The van der Waals surface area contributed by atoms with Gasteiger partial charge >= 0.3 is 0 Å². The summed E-state index contributed by atoms with van der Waals surface area (Å²) in [6.07, 6.45) is 0. The number of hydrogen-bond acceptors (Lipinski definition) is 0. The van der Waals surface area contributed by atoms with Gasteiger partial charge in [0.1, 0.15) is 17.5 Å². The quantitative estimate of drug-likeness (QED) is 0.420. The first kappa shape index (κ1) is 14.9. The van der Waals surface area contributed by atoms with Crippen LogP contribution in [0.1, 0.15) is 16.5 Å². The molecule has 0 spiro atoms. The summed E-state index contributed by atoms with van der Waals surface area (Å²) >= 11 is 12.1. The summed E-state index contributed by atoms with van der Waals surface area (Å²) in [4.78, 5) is 0. The second-order valence-electron chi connectivity index (χ2n) is 3.79. The molecule has 0 saturated carbocycles. The van der Waals surface area contributed by atoms with E-state index in [0.717, 1.165) is 12.1 Å². The van der Waals surface area contributed by atoms with Crippen LogP contribution in [0.4, 0.5) is 13.2 Å². The second-order valence-corrected chi connectivity index (χ2v) is 5.93. The SMILES string of the molecule is Fc1cc(C(Cl)c2c(F)cccc2Br)c(F)cc1Br. The highest BCUT2D eigenvalue weighted by molar-refractivity contribution is 9.10. The molecule has 6 heteroatoms. The van der Waals surface area contributed by atoms with E-state index >= 15 is 0 Å². The van der Waals surface area contributed by atoms with Crippen LogP contribution in [-0.4, -0.2) is 0 Å². The van der Waals surface area contributed by atoms with E-state index < -0.39 is 22.8 Å². The summed E-state index contributed by atoms with van der Waals surface area (Å²) in [6.45, 7) is 0. The van der Waals surface area contributed by atoms with Gasteiger partial charge in [0.25, 0.3) is 0 Å². The van der Waals surface area contributed by atoms with Crippen molar-refractivity contribution in [2.45, 2.75) is 5.38 Å². The summed E-state index contributed by atoms with van der Waals surface area (Å²) in [5.41, 5.74) is -0.0436. The molecule has 0 fully saturated rings. The van der Waals surface area contributed by atoms with E-state index in [1.54, 1.807) is 6.07 Å². The van der Waals surface area contributed by atoms with Crippen LogP contribution < -0.4 is 0 Å². The maximum absolute atomic E-state index is 13.8. The monoisotopic (exact) mass is 412 g/mol. The Hall–Kier alpha value is -0.520. The molecule has 0 aliphatic rings. The fraction of sp³-hybridized carbons (Fsp3) is 0.0769. The van der Waals surface area contributed by atoms with Gasteiger partial charge in [-0.05, 0) is 40.2 Å². The molecular weight excluding hydrogens is 408 g/mol. The van der Waals surface area contributed by atoms with Crippen LogP contribution in [0.25, 0.3) is 0 Å². The van der Waals surface area contributed by atoms with E-state index in [0.29, 0.717) is 4.47 Å². The second kappa shape index (κ2) is 5.85. The zero-order chi connectivity index (χ0) is 14.2. The molecule has 19 heavy (non-hydrogen) atoms. The molecule has 1 unspecified atom stereocenters. The van der Waals surface area contributed by atoms with Crippen LogP contribution >= 0.6 is 43.5 Å². The zero-order valence-electron chi connectivity index (χ0n) is 9.23. The van der Waals surface area contributed by atoms with Crippen LogP contribution in [0.2, 0.25) is 0 Å². The highest BCUT2D eigenvalue weighted by Crippen LogP contribution is 2.37. The lowest BCUT2D eigenvalue weighted by molar-refractivity contribution is 0.575. The molecule has 1 atom stereocenters. The van der Waals surface area contributed by atoms with Gasteiger partial charge in [-0.25, -0.2) is 13.2 Å². The first-order valence-electron chi connectivity index (χ1n) is 5.14. The van der Waals surface area contributed by atoms with E-state index in [4.69, 9.17) is 11.6 Å². The van der Waals surface area contributed by atoms with Gasteiger partial charge in [-0.3, -0.25) is 0 Å². The maximum Gasteiger partial charge on any atom is 0.137 e. The molecule has 0 aliphatic carbocycles. The highest BCUT2D eigenvalue weighted by atomic mass is 79.9. The van der Waals surface area contributed by atoms with Crippen molar-refractivity contribution in [3.63, 3.8) is 0 Å². The Balaban J connectivity index is 2.56. The largest absolute Gasteiger partial charge is 0.207 e. The third-order valence-corrected chi connectivity index (χ3v) is 4.32. The molecule has 0 aliphatic heterocycles. The minimum atomic E-state index is -1.13. The van der Waals surface area contributed by atoms with Crippen LogP contribution in [0, 0.1) is 17.5 Å². The Labute approximate surface area is 129 Å². The topological polar surface area (TPSA) is 0 Å². The van der Waals surface area contributed by atoms with Crippen molar-refractivity contribution in [2.24, 2.45) is 0 Å². The van der Waals surface area contributed by atoms with Gasteiger partial charge in [0.2, 0.25) is 0 Å². The molecule has 2 aromatic carbocycles. The first-order valence-corrected chi connectivity index (χ1v) is 7.16. The third-order valence-electron chi connectivity index (χ3n) is 2.57. The van der Waals surface area contributed by atoms with Gasteiger partial charge in [-0.1, -0.05) is 22.0 Å². The summed E-state index contributed by atoms with van der Waals surface area (Å²) in [7, 11) is 0. The fourth-order valence-electron chi connectivity index (χ4n) is 1.64. The van der Waals surface area contributed by atoms with E-state index in [-0.39, 0.29) is 15.6 Å². The molecule has 0 saturated heterocycles. The fourth-order valence-corrected chi connectivity index (χ4v) is 3.05. The molecule has 0 amide bonds. The Morgan fingerprint density at radius 3 is 2.21 bits per heavy atom. The predicted octanol–water partition coefficient (Wildman–Crippen LogP) is 5.96. The normalized spacial score (nSPS) is 12.5. The van der Waals surface area contributed by atoms with Crippen molar-refractivity contribution < 1.29 is 13.2 Å². The number of alkyl halides is 1. The number of halogens is 6. The van der Waals surface area contributed by atoms with Crippen LogP contribution in [0.15, 0.2) is 39.3 Å². The highest BCUT2D eigenvalue weighted by Gasteiger charge is 2.22. The van der Waals surface area contributed by atoms with Crippen molar-refractivity contribution in [2.75, 3.05) is 0 Å². The minimum Gasteiger partial charge on any atom is -0.207 e. The summed E-state index contributed by atoms with van der Waals surface area (Å²) in [6, 6.07) is 6.21. The predicted molar refractivity (Wildman–Crippen MR) is 75.9 cm³/mol. The molecule has 0 aromatic heterocycles. The number of rotatable bonds is 2.